The molecule has 6 heteroatoms. The van der Waals surface area contributed by atoms with E-state index in [1.54, 1.807) is 18.2 Å². The van der Waals surface area contributed by atoms with Gasteiger partial charge in [-0.05, 0) is 37.8 Å². The Balaban J connectivity index is 2.48. The maximum atomic E-state index is 12.7. The third-order valence-electron chi connectivity index (χ3n) is 3.88. The van der Waals surface area contributed by atoms with Crippen LogP contribution in [0.3, 0.4) is 0 Å². The number of piperidine rings is 1. The first-order valence-corrected chi connectivity index (χ1v) is 8.23. The monoisotopic (exact) mass is 302 g/mol. The van der Waals surface area contributed by atoms with Crippen LogP contribution in [0.25, 0.3) is 0 Å². The first-order chi connectivity index (χ1) is 8.85. The largest absolute Gasteiger partial charge is 0.398 e. The minimum Gasteiger partial charge on any atom is -0.398 e. The summed E-state index contributed by atoms with van der Waals surface area (Å²) >= 11 is 6.03. The molecule has 106 valence electrons. The van der Waals surface area contributed by atoms with Crippen molar-refractivity contribution < 1.29 is 8.42 Å². The normalized spacial score (nSPS) is 25.4. The van der Waals surface area contributed by atoms with Crippen molar-refractivity contribution in [1.82, 2.24) is 4.31 Å². The second-order valence-electron chi connectivity index (χ2n) is 5.13. The summed E-state index contributed by atoms with van der Waals surface area (Å²) in [5.41, 5.74) is 6.01. The summed E-state index contributed by atoms with van der Waals surface area (Å²) in [6.45, 7) is 4.54. The molecular weight excluding hydrogens is 284 g/mol. The van der Waals surface area contributed by atoms with Gasteiger partial charge in [0.05, 0.1) is 10.7 Å². The lowest BCUT2D eigenvalue weighted by atomic mass is 9.94. The number of nitrogens with zero attached hydrogens (tertiary/aromatic N) is 1. The van der Waals surface area contributed by atoms with Crippen LogP contribution >= 0.6 is 11.6 Å². The molecule has 1 aliphatic rings. The van der Waals surface area contributed by atoms with Crippen molar-refractivity contribution in [2.75, 3.05) is 12.3 Å². The van der Waals surface area contributed by atoms with Gasteiger partial charge in [-0.15, -0.1) is 0 Å². The minimum absolute atomic E-state index is 0.0329. The quantitative estimate of drug-likeness (QED) is 0.854. The maximum Gasteiger partial charge on any atom is 0.246 e. The first-order valence-electron chi connectivity index (χ1n) is 6.41. The lowest BCUT2D eigenvalue weighted by molar-refractivity contribution is 0.202. The summed E-state index contributed by atoms with van der Waals surface area (Å²) < 4.78 is 27.0. The fourth-order valence-electron chi connectivity index (χ4n) is 2.55. The smallest absolute Gasteiger partial charge is 0.246 e. The number of anilines is 1. The van der Waals surface area contributed by atoms with E-state index in [0.29, 0.717) is 12.5 Å². The number of hydrogen-bond acceptors (Lipinski definition) is 3. The van der Waals surface area contributed by atoms with Gasteiger partial charge in [0.2, 0.25) is 10.0 Å². The van der Waals surface area contributed by atoms with Gasteiger partial charge in [0, 0.05) is 12.6 Å². The van der Waals surface area contributed by atoms with E-state index >= 15 is 0 Å². The predicted molar refractivity (Wildman–Crippen MR) is 77.6 cm³/mol. The van der Waals surface area contributed by atoms with Crippen LogP contribution < -0.4 is 5.73 Å². The minimum atomic E-state index is -3.63. The number of hydrogen-bond donors (Lipinski definition) is 1. The lowest BCUT2D eigenvalue weighted by Crippen LogP contribution is -2.46. The van der Waals surface area contributed by atoms with Gasteiger partial charge in [-0.3, -0.25) is 0 Å². The molecule has 0 amide bonds. The summed E-state index contributed by atoms with van der Waals surface area (Å²) in [6, 6.07) is 4.74. The van der Waals surface area contributed by atoms with E-state index in [9.17, 15) is 8.42 Å². The Kier molecular flexibility index (Phi) is 4.08. The molecule has 1 aromatic rings. The number of nitrogens with two attached hydrogens (primary N) is 1. The molecule has 1 fully saturated rings. The van der Waals surface area contributed by atoms with Crippen molar-refractivity contribution in [3.8, 4) is 0 Å². The van der Waals surface area contributed by atoms with Crippen LogP contribution in [0.1, 0.15) is 26.7 Å². The number of sulfonamides is 1. The van der Waals surface area contributed by atoms with Crippen LogP contribution in [0.5, 0.6) is 0 Å². The van der Waals surface area contributed by atoms with E-state index in [1.165, 1.54) is 4.31 Å². The number of rotatable bonds is 2. The molecular formula is C13H19ClN2O2S. The molecule has 1 aromatic carbocycles. The second-order valence-corrected chi connectivity index (χ2v) is 7.37. The Morgan fingerprint density at radius 1 is 1.37 bits per heavy atom. The van der Waals surface area contributed by atoms with Gasteiger partial charge in [0.15, 0.2) is 0 Å². The Bertz CT molecular complexity index is 554. The van der Waals surface area contributed by atoms with E-state index in [2.05, 4.69) is 6.92 Å². The van der Waals surface area contributed by atoms with Crippen LogP contribution in [0.15, 0.2) is 23.1 Å². The zero-order valence-electron chi connectivity index (χ0n) is 11.1. The average molecular weight is 303 g/mol. The van der Waals surface area contributed by atoms with Gasteiger partial charge in [0.25, 0.3) is 0 Å². The van der Waals surface area contributed by atoms with Crippen LogP contribution in [-0.2, 0) is 10.0 Å². The molecule has 0 bridgehead atoms. The molecule has 4 nitrogen and oxygen atoms in total. The van der Waals surface area contributed by atoms with Crippen molar-refractivity contribution >= 4 is 27.3 Å². The molecule has 2 N–H and O–H groups in total. The Labute approximate surface area is 119 Å². The number of benzene rings is 1. The third-order valence-corrected chi connectivity index (χ3v) is 6.41. The maximum absolute atomic E-state index is 12.7. The molecule has 0 spiro atoms. The Hall–Kier alpha value is -0.780. The van der Waals surface area contributed by atoms with Crippen molar-refractivity contribution in [1.29, 1.82) is 0 Å². The summed E-state index contributed by atoms with van der Waals surface area (Å²) in [7, 11) is -3.63. The molecule has 0 saturated carbocycles. The Morgan fingerprint density at radius 3 is 2.68 bits per heavy atom. The van der Waals surface area contributed by atoms with E-state index in [0.717, 1.165) is 12.8 Å². The molecule has 2 rings (SSSR count). The van der Waals surface area contributed by atoms with Crippen molar-refractivity contribution in [3.63, 3.8) is 0 Å². The highest BCUT2D eigenvalue weighted by Crippen LogP contribution is 2.34. The standard InChI is InChI=1S/C13H19ClN2O2S/c1-9-5-4-8-16(10(9)2)19(17,18)13-11(14)6-3-7-12(13)15/h3,6-7,9-10H,4-5,8,15H2,1-2H3. The number of nitrogen functional groups attached to an aromatic ring is 1. The fraction of sp³-hybridized carbons (Fsp3) is 0.538. The summed E-state index contributed by atoms with van der Waals surface area (Å²) in [5, 5.41) is 0.186. The zero-order chi connectivity index (χ0) is 14.2. The van der Waals surface area contributed by atoms with Crippen molar-refractivity contribution in [2.45, 2.75) is 37.6 Å². The van der Waals surface area contributed by atoms with Crippen molar-refractivity contribution in [2.24, 2.45) is 5.92 Å². The van der Waals surface area contributed by atoms with Gasteiger partial charge < -0.3 is 5.73 Å². The van der Waals surface area contributed by atoms with Crippen LogP contribution in [-0.4, -0.2) is 25.3 Å². The van der Waals surface area contributed by atoms with E-state index in [-0.39, 0.29) is 21.6 Å². The fourth-order valence-corrected chi connectivity index (χ4v) is 4.96. The first kappa shape index (κ1) is 14.6. The highest BCUT2D eigenvalue weighted by atomic mass is 35.5. The van der Waals surface area contributed by atoms with Crippen molar-refractivity contribution in [3.05, 3.63) is 23.2 Å². The SMILES string of the molecule is CC1CCCN(S(=O)(=O)c2c(N)cccc2Cl)C1C. The predicted octanol–water partition coefficient (Wildman–Crippen LogP) is 2.73. The topological polar surface area (TPSA) is 63.4 Å². The summed E-state index contributed by atoms with van der Waals surface area (Å²) in [6.07, 6.45) is 1.92. The molecule has 1 saturated heterocycles. The van der Waals surface area contributed by atoms with Gasteiger partial charge in [-0.2, -0.15) is 4.31 Å². The highest BCUT2D eigenvalue weighted by molar-refractivity contribution is 7.89. The van der Waals surface area contributed by atoms with Gasteiger partial charge in [-0.25, -0.2) is 8.42 Å². The summed E-state index contributed by atoms with van der Waals surface area (Å²) in [4.78, 5) is 0.0395. The summed E-state index contributed by atoms with van der Waals surface area (Å²) in [5.74, 6) is 0.340. The molecule has 0 aliphatic carbocycles. The second kappa shape index (κ2) is 5.31. The van der Waals surface area contributed by atoms with Gasteiger partial charge in [-0.1, -0.05) is 24.6 Å². The lowest BCUT2D eigenvalue weighted by Gasteiger charge is -2.37. The van der Waals surface area contributed by atoms with Gasteiger partial charge >= 0.3 is 0 Å². The zero-order valence-corrected chi connectivity index (χ0v) is 12.7. The van der Waals surface area contributed by atoms with Crippen LogP contribution in [0.4, 0.5) is 5.69 Å². The van der Waals surface area contributed by atoms with E-state index in [4.69, 9.17) is 17.3 Å². The molecule has 0 radical (unpaired) electrons. The van der Waals surface area contributed by atoms with Gasteiger partial charge in [0.1, 0.15) is 4.90 Å². The Morgan fingerprint density at radius 2 is 2.05 bits per heavy atom. The van der Waals surface area contributed by atoms with Crippen LogP contribution in [0, 0.1) is 5.92 Å². The molecule has 2 atom stereocenters. The molecule has 1 aliphatic heterocycles. The van der Waals surface area contributed by atoms with E-state index in [1.807, 2.05) is 6.92 Å². The average Bonchev–Trinajstić information content (AvgIpc) is 2.32. The van der Waals surface area contributed by atoms with Crippen LogP contribution in [0.2, 0.25) is 5.02 Å². The third kappa shape index (κ3) is 2.59. The molecule has 0 aromatic heterocycles. The highest BCUT2D eigenvalue weighted by Gasteiger charge is 2.36. The molecule has 1 heterocycles. The van der Waals surface area contributed by atoms with E-state index < -0.39 is 10.0 Å². The molecule has 19 heavy (non-hydrogen) atoms. The number of halogens is 1. The molecule has 2 unspecified atom stereocenters.